The number of hydrogen-bond acceptors (Lipinski definition) is 2. The van der Waals surface area contributed by atoms with Gasteiger partial charge in [-0.15, -0.1) is 0 Å². The standard InChI is InChI=1S/C10H9F4NO/c11-8-4-6(2-1-3-16)7(5-9(8)15)10(12,13)14/h1-2,4-5,16H,3,15H2. The maximum absolute atomic E-state index is 13.0. The van der Waals surface area contributed by atoms with Crippen molar-refractivity contribution in [3.05, 3.63) is 35.2 Å². The largest absolute Gasteiger partial charge is 0.417 e. The summed E-state index contributed by atoms with van der Waals surface area (Å²) in [4.78, 5) is 0. The van der Waals surface area contributed by atoms with Gasteiger partial charge in [0.05, 0.1) is 17.9 Å². The van der Waals surface area contributed by atoms with Gasteiger partial charge >= 0.3 is 6.18 Å². The summed E-state index contributed by atoms with van der Waals surface area (Å²) < 4.78 is 50.5. The lowest BCUT2D eigenvalue weighted by Crippen LogP contribution is -2.09. The van der Waals surface area contributed by atoms with E-state index in [1.165, 1.54) is 0 Å². The Labute approximate surface area is 89.0 Å². The molecule has 3 N–H and O–H groups in total. The first-order valence-corrected chi connectivity index (χ1v) is 4.30. The van der Waals surface area contributed by atoms with Crippen LogP contribution < -0.4 is 5.73 Å². The van der Waals surface area contributed by atoms with Crippen LogP contribution in [-0.2, 0) is 6.18 Å². The number of aliphatic hydroxyl groups excluding tert-OH is 1. The molecule has 1 aromatic rings. The molecule has 88 valence electrons. The lowest BCUT2D eigenvalue weighted by atomic mass is 10.1. The van der Waals surface area contributed by atoms with Gasteiger partial charge in [0, 0.05) is 0 Å². The molecule has 0 unspecified atom stereocenters. The van der Waals surface area contributed by atoms with Crippen LogP contribution in [0.1, 0.15) is 11.1 Å². The first-order valence-electron chi connectivity index (χ1n) is 4.30. The first-order chi connectivity index (χ1) is 7.36. The van der Waals surface area contributed by atoms with Gasteiger partial charge in [0.2, 0.25) is 0 Å². The van der Waals surface area contributed by atoms with Crippen molar-refractivity contribution >= 4 is 11.8 Å². The number of alkyl halides is 3. The summed E-state index contributed by atoms with van der Waals surface area (Å²) in [5.41, 5.74) is 3.11. The van der Waals surface area contributed by atoms with Gasteiger partial charge in [0.1, 0.15) is 5.82 Å². The van der Waals surface area contributed by atoms with E-state index in [-0.39, 0.29) is 5.56 Å². The van der Waals surface area contributed by atoms with E-state index in [0.717, 1.165) is 12.2 Å². The van der Waals surface area contributed by atoms with E-state index < -0.39 is 29.9 Å². The summed E-state index contributed by atoms with van der Waals surface area (Å²) in [6.45, 7) is -0.427. The van der Waals surface area contributed by atoms with Crippen LogP contribution in [0.4, 0.5) is 23.2 Å². The van der Waals surface area contributed by atoms with Gasteiger partial charge in [-0.25, -0.2) is 4.39 Å². The van der Waals surface area contributed by atoms with Crippen molar-refractivity contribution in [3.63, 3.8) is 0 Å². The van der Waals surface area contributed by atoms with E-state index >= 15 is 0 Å². The number of halogens is 4. The highest BCUT2D eigenvalue weighted by atomic mass is 19.4. The van der Waals surface area contributed by atoms with E-state index in [4.69, 9.17) is 10.8 Å². The quantitative estimate of drug-likeness (QED) is 0.610. The third-order valence-electron chi connectivity index (χ3n) is 1.88. The second-order valence-electron chi connectivity index (χ2n) is 3.04. The van der Waals surface area contributed by atoms with Gasteiger partial charge in [-0.3, -0.25) is 0 Å². The molecule has 0 heterocycles. The molecule has 0 atom stereocenters. The Balaban J connectivity index is 3.33. The third-order valence-corrected chi connectivity index (χ3v) is 1.88. The van der Waals surface area contributed by atoms with Crippen molar-refractivity contribution in [2.45, 2.75) is 6.18 Å². The zero-order chi connectivity index (χ0) is 12.3. The van der Waals surface area contributed by atoms with Crippen LogP contribution in [0.3, 0.4) is 0 Å². The molecule has 0 amide bonds. The topological polar surface area (TPSA) is 46.2 Å². The molecule has 0 fully saturated rings. The van der Waals surface area contributed by atoms with Crippen molar-refractivity contribution in [1.29, 1.82) is 0 Å². The van der Waals surface area contributed by atoms with Gasteiger partial charge in [0.15, 0.2) is 0 Å². The van der Waals surface area contributed by atoms with Crippen LogP contribution in [0.25, 0.3) is 6.08 Å². The maximum atomic E-state index is 13.0. The minimum atomic E-state index is -4.61. The zero-order valence-corrected chi connectivity index (χ0v) is 8.05. The van der Waals surface area contributed by atoms with E-state index in [1.54, 1.807) is 0 Å². The minimum Gasteiger partial charge on any atom is -0.396 e. The predicted octanol–water partition coefficient (Wildman–Crippen LogP) is 2.43. The molecule has 1 aromatic carbocycles. The predicted molar refractivity (Wildman–Crippen MR) is 51.9 cm³/mol. The fourth-order valence-electron chi connectivity index (χ4n) is 1.17. The molecule has 16 heavy (non-hydrogen) atoms. The van der Waals surface area contributed by atoms with Gasteiger partial charge in [-0.2, -0.15) is 13.2 Å². The smallest absolute Gasteiger partial charge is 0.396 e. The molecular formula is C10H9F4NO. The van der Waals surface area contributed by atoms with Crippen molar-refractivity contribution in [3.8, 4) is 0 Å². The maximum Gasteiger partial charge on any atom is 0.417 e. The molecule has 0 aliphatic heterocycles. The average molecular weight is 235 g/mol. The van der Waals surface area contributed by atoms with Crippen LogP contribution in [0.15, 0.2) is 18.2 Å². The van der Waals surface area contributed by atoms with Gasteiger partial charge in [0.25, 0.3) is 0 Å². The van der Waals surface area contributed by atoms with Crippen LogP contribution in [0, 0.1) is 5.82 Å². The summed E-state index contributed by atoms with van der Waals surface area (Å²) in [6, 6.07) is 1.22. The summed E-state index contributed by atoms with van der Waals surface area (Å²) in [5.74, 6) is -0.925. The lowest BCUT2D eigenvalue weighted by Gasteiger charge is -2.11. The molecule has 0 saturated carbocycles. The Kier molecular flexibility index (Phi) is 3.54. The van der Waals surface area contributed by atoms with Gasteiger partial charge in [-0.1, -0.05) is 12.2 Å². The molecule has 0 bridgehead atoms. The van der Waals surface area contributed by atoms with E-state index in [1.807, 2.05) is 0 Å². The average Bonchev–Trinajstić information content (AvgIpc) is 2.17. The number of rotatable bonds is 2. The number of nitrogen functional groups attached to an aromatic ring is 1. The Bertz CT molecular complexity index is 412. The summed E-state index contributed by atoms with van der Waals surface area (Å²) in [5, 5.41) is 8.46. The van der Waals surface area contributed by atoms with E-state index in [0.29, 0.717) is 12.1 Å². The lowest BCUT2D eigenvalue weighted by molar-refractivity contribution is -0.137. The SMILES string of the molecule is Nc1cc(C(F)(F)F)c(C=CCO)cc1F. The Morgan fingerprint density at radius 3 is 2.44 bits per heavy atom. The normalized spacial score (nSPS) is 12.3. The highest BCUT2D eigenvalue weighted by Gasteiger charge is 2.33. The monoisotopic (exact) mass is 235 g/mol. The van der Waals surface area contributed by atoms with Crippen LogP contribution >= 0.6 is 0 Å². The third kappa shape index (κ3) is 2.73. The highest BCUT2D eigenvalue weighted by Crippen LogP contribution is 2.34. The fourth-order valence-corrected chi connectivity index (χ4v) is 1.17. The second-order valence-corrected chi connectivity index (χ2v) is 3.04. The molecule has 0 spiro atoms. The van der Waals surface area contributed by atoms with E-state index in [2.05, 4.69) is 0 Å². The minimum absolute atomic E-state index is 0.367. The van der Waals surface area contributed by atoms with E-state index in [9.17, 15) is 17.6 Å². The number of hydrogen-bond donors (Lipinski definition) is 2. The second kappa shape index (κ2) is 4.52. The number of aliphatic hydroxyl groups is 1. The molecule has 0 radical (unpaired) electrons. The zero-order valence-electron chi connectivity index (χ0n) is 8.05. The summed E-state index contributed by atoms with van der Waals surface area (Å²) in [7, 11) is 0. The van der Waals surface area contributed by atoms with Gasteiger partial charge in [-0.05, 0) is 17.7 Å². The van der Waals surface area contributed by atoms with Crippen LogP contribution in [0.5, 0.6) is 0 Å². The first kappa shape index (κ1) is 12.5. The fraction of sp³-hybridized carbons (Fsp3) is 0.200. The van der Waals surface area contributed by atoms with Gasteiger partial charge < -0.3 is 10.8 Å². The summed E-state index contributed by atoms with van der Waals surface area (Å²) >= 11 is 0. The molecule has 1 rings (SSSR count). The molecule has 0 saturated heterocycles. The van der Waals surface area contributed by atoms with Crippen molar-refractivity contribution < 1.29 is 22.7 Å². The number of nitrogens with two attached hydrogens (primary N) is 1. The Morgan fingerprint density at radius 1 is 1.31 bits per heavy atom. The van der Waals surface area contributed by atoms with Crippen molar-refractivity contribution in [2.24, 2.45) is 0 Å². The molecule has 0 aromatic heterocycles. The molecule has 0 aliphatic carbocycles. The van der Waals surface area contributed by atoms with Crippen LogP contribution in [0.2, 0.25) is 0 Å². The molecule has 0 aliphatic rings. The molecule has 6 heteroatoms. The summed E-state index contributed by atoms with van der Waals surface area (Å²) in [6.07, 6.45) is -2.54. The Morgan fingerprint density at radius 2 is 1.94 bits per heavy atom. The number of anilines is 1. The van der Waals surface area contributed by atoms with Crippen molar-refractivity contribution in [2.75, 3.05) is 12.3 Å². The molecule has 2 nitrogen and oxygen atoms in total. The highest BCUT2D eigenvalue weighted by molar-refractivity contribution is 5.60. The van der Waals surface area contributed by atoms with Crippen molar-refractivity contribution in [1.82, 2.24) is 0 Å². The Hall–Kier alpha value is -1.56. The van der Waals surface area contributed by atoms with Crippen LogP contribution in [-0.4, -0.2) is 11.7 Å². The molecular weight excluding hydrogens is 226 g/mol. The number of benzene rings is 1.